The van der Waals surface area contributed by atoms with Gasteiger partial charge in [0, 0.05) is 81.5 Å². The molecule has 2 N–H and O–H groups in total. The van der Waals surface area contributed by atoms with Gasteiger partial charge in [0.2, 0.25) is 0 Å². The quantitative estimate of drug-likeness (QED) is 0.189. The van der Waals surface area contributed by atoms with E-state index in [9.17, 15) is 20.0 Å². The number of rotatable bonds is 10. The average molecular weight is 624 g/mol. The van der Waals surface area contributed by atoms with Gasteiger partial charge in [0.25, 0.3) is 11.6 Å². The molecule has 2 aliphatic rings. The number of amides is 1. The van der Waals surface area contributed by atoms with E-state index in [4.69, 9.17) is 9.47 Å². The Morgan fingerprint density at radius 3 is 2.26 bits per heavy atom. The molecule has 2 fully saturated rings. The molecule has 3 atom stereocenters. The molecule has 2 saturated heterocycles. The predicted molar refractivity (Wildman–Crippen MR) is 172 cm³/mol. The zero-order valence-electron chi connectivity index (χ0n) is 25.4. The summed E-state index contributed by atoms with van der Waals surface area (Å²) >= 11 is 0. The van der Waals surface area contributed by atoms with Crippen LogP contribution in [0.1, 0.15) is 51.4 Å². The first-order chi connectivity index (χ1) is 22.4. The maximum atomic E-state index is 12.4. The highest BCUT2D eigenvalue weighted by atomic mass is 16.7. The molecule has 0 bridgehead atoms. The summed E-state index contributed by atoms with van der Waals surface area (Å²) in [4.78, 5) is 31.7. The van der Waals surface area contributed by atoms with Gasteiger partial charge in [0.05, 0.1) is 29.3 Å². The van der Waals surface area contributed by atoms with Gasteiger partial charge in [-0.1, -0.05) is 48.5 Å². The normalized spacial score (nSPS) is 20.3. The van der Waals surface area contributed by atoms with E-state index in [0.717, 1.165) is 60.7 Å². The topological polar surface area (TPSA) is 130 Å². The molecular weight excluding hydrogens is 586 g/mol. The first-order valence-corrected chi connectivity index (χ1v) is 15.4. The Kier molecular flexibility index (Phi) is 9.94. The van der Waals surface area contributed by atoms with Crippen LogP contribution >= 0.6 is 0 Å². The Balaban J connectivity index is 1.10. The third-order valence-electron chi connectivity index (χ3n) is 8.50. The van der Waals surface area contributed by atoms with Gasteiger partial charge in [-0.3, -0.25) is 24.8 Å². The molecule has 3 aromatic carbocycles. The maximum Gasteiger partial charge on any atom is 0.269 e. The molecule has 0 spiro atoms. The lowest BCUT2D eigenvalue weighted by atomic mass is 9.99. The summed E-state index contributed by atoms with van der Waals surface area (Å²) in [6.07, 6.45) is 3.04. The number of nitro benzene ring substituents is 1. The van der Waals surface area contributed by atoms with E-state index in [-0.39, 0.29) is 35.3 Å². The smallest absolute Gasteiger partial charge is 0.269 e. The highest BCUT2D eigenvalue weighted by molar-refractivity contribution is 5.93. The first-order valence-electron chi connectivity index (χ1n) is 15.4. The third kappa shape index (κ3) is 7.75. The van der Waals surface area contributed by atoms with E-state index in [1.165, 1.54) is 0 Å². The van der Waals surface area contributed by atoms with Crippen LogP contribution in [0, 0.1) is 10.1 Å². The summed E-state index contributed by atoms with van der Waals surface area (Å²) < 4.78 is 13.1. The molecule has 0 radical (unpaired) electrons. The number of pyridine rings is 1. The molecule has 4 aromatic rings. The lowest BCUT2D eigenvalue weighted by Gasteiger charge is -2.41. The minimum atomic E-state index is -0.568. The lowest BCUT2D eigenvalue weighted by molar-refractivity contribution is -0.384. The van der Waals surface area contributed by atoms with E-state index >= 15 is 0 Å². The number of hydrogen-bond acceptors (Lipinski definition) is 9. The van der Waals surface area contributed by atoms with Crippen molar-refractivity contribution < 1.29 is 24.3 Å². The van der Waals surface area contributed by atoms with Crippen molar-refractivity contribution in [3.8, 4) is 0 Å². The molecule has 11 nitrogen and oxygen atoms in total. The van der Waals surface area contributed by atoms with E-state index in [2.05, 4.69) is 20.1 Å². The minimum Gasteiger partial charge on any atom is -0.392 e. The van der Waals surface area contributed by atoms with Crippen molar-refractivity contribution >= 4 is 17.3 Å². The van der Waals surface area contributed by atoms with Gasteiger partial charge in [-0.05, 0) is 41.0 Å². The summed E-state index contributed by atoms with van der Waals surface area (Å²) in [6.45, 7) is 4.44. The molecule has 1 amide bonds. The number of ether oxygens (including phenoxy) is 2. The van der Waals surface area contributed by atoms with Gasteiger partial charge in [0.15, 0.2) is 6.29 Å². The standard InChI is InChI=1S/C35H37N5O6/c41-24-26-5-7-27(8-6-26)33-20-32(23-38-16-18-39(19-17-38)30-11-13-31(14-12-30)40(43)44)45-35(46-33)28-9-3-25(4-10-28)21-37-34(42)29-2-1-15-36-22-29/h1-15,22,32-33,35,41H,16-21,23-24H2,(H,37,42)/t32-,33+,35+/m1/s1. The van der Waals surface area contributed by atoms with Crippen LogP contribution in [0.4, 0.5) is 11.4 Å². The van der Waals surface area contributed by atoms with Crippen LogP contribution in [0.5, 0.6) is 0 Å². The van der Waals surface area contributed by atoms with Gasteiger partial charge < -0.3 is 24.8 Å². The zero-order valence-corrected chi connectivity index (χ0v) is 25.4. The fourth-order valence-electron chi connectivity index (χ4n) is 5.87. The number of anilines is 1. The van der Waals surface area contributed by atoms with E-state index < -0.39 is 6.29 Å². The zero-order chi connectivity index (χ0) is 31.9. The van der Waals surface area contributed by atoms with Crippen LogP contribution in [0.15, 0.2) is 97.3 Å². The second-order valence-electron chi connectivity index (χ2n) is 11.6. The van der Waals surface area contributed by atoms with Crippen molar-refractivity contribution in [3.63, 3.8) is 0 Å². The number of piperazine rings is 1. The van der Waals surface area contributed by atoms with Gasteiger partial charge >= 0.3 is 0 Å². The van der Waals surface area contributed by atoms with Crippen LogP contribution in [0.25, 0.3) is 0 Å². The number of nitro groups is 1. The van der Waals surface area contributed by atoms with Gasteiger partial charge in [-0.15, -0.1) is 0 Å². The fourth-order valence-corrected chi connectivity index (χ4v) is 5.87. The lowest BCUT2D eigenvalue weighted by Crippen LogP contribution is -2.49. The molecule has 6 rings (SSSR count). The second kappa shape index (κ2) is 14.6. The number of benzene rings is 3. The molecule has 238 valence electrons. The molecule has 1 aromatic heterocycles. The van der Waals surface area contributed by atoms with Crippen molar-refractivity contribution in [3.05, 3.63) is 135 Å². The van der Waals surface area contributed by atoms with Crippen molar-refractivity contribution in [2.75, 3.05) is 37.6 Å². The van der Waals surface area contributed by atoms with E-state index in [0.29, 0.717) is 18.5 Å². The third-order valence-corrected chi connectivity index (χ3v) is 8.50. The first kappa shape index (κ1) is 31.3. The number of nitrogens with zero attached hydrogens (tertiary/aromatic N) is 4. The van der Waals surface area contributed by atoms with Crippen LogP contribution in [-0.4, -0.2) is 64.6 Å². The summed E-state index contributed by atoms with van der Waals surface area (Å²) in [5.74, 6) is -0.178. The van der Waals surface area contributed by atoms with E-state index in [1.54, 1.807) is 36.7 Å². The Morgan fingerprint density at radius 1 is 0.913 bits per heavy atom. The Labute approximate surface area is 267 Å². The summed E-state index contributed by atoms with van der Waals surface area (Å²) in [7, 11) is 0. The Morgan fingerprint density at radius 2 is 1.61 bits per heavy atom. The number of aliphatic hydroxyl groups excluding tert-OH is 1. The molecule has 0 unspecified atom stereocenters. The average Bonchev–Trinajstić information content (AvgIpc) is 3.11. The number of carbonyl (C=O) groups is 1. The SMILES string of the molecule is O=C(NCc1ccc([C@H]2O[C@@H](CN3CCN(c4ccc([N+](=O)[O-])cc4)CC3)C[C@@H](c3ccc(CO)cc3)O2)cc1)c1cccnc1. The molecule has 3 heterocycles. The number of aromatic nitrogens is 1. The van der Waals surface area contributed by atoms with Crippen molar-refractivity contribution in [2.45, 2.75) is 38.1 Å². The molecule has 0 aliphatic carbocycles. The van der Waals surface area contributed by atoms with E-state index in [1.807, 2.05) is 60.7 Å². The van der Waals surface area contributed by atoms with Crippen LogP contribution in [-0.2, 0) is 22.6 Å². The second-order valence-corrected chi connectivity index (χ2v) is 11.6. The van der Waals surface area contributed by atoms with Crippen LogP contribution < -0.4 is 10.2 Å². The van der Waals surface area contributed by atoms with Crippen molar-refractivity contribution in [2.24, 2.45) is 0 Å². The Bertz CT molecular complexity index is 1590. The molecule has 46 heavy (non-hydrogen) atoms. The monoisotopic (exact) mass is 623 g/mol. The summed E-state index contributed by atoms with van der Waals surface area (Å²) in [5.41, 5.74) is 5.33. The van der Waals surface area contributed by atoms with Gasteiger partial charge in [-0.25, -0.2) is 0 Å². The van der Waals surface area contributed by atoms with Gasteiger partial charge in [-0.2, -0.15) is 0 Å². The number of carbonyl (C=O) groups excluding carboxylic acids is 1. The summed E-state index contributed by atoms with van der Waals surface area (Å²) in [5, 5.41) is 23.5. The maximum absolute atomic E-state index is 12.4. The van der Waals surface area contributed by atoms with Gasteiger partial charge in [0.1, 0.15) is 0 Å². The molecule has 11 heteroatoms. The largest absolute Gasteiger partial charge is 0.392 e. The Hall–Kier alpha value is -4.68. The molecule has 0 saturated carbocycles. The number of nitrogens with one attached hydrogen (secondary N) is 1. The number of aliphatic hydroxyl groups is 1. The van der Waals surface area contributed by atoms with Crippen molar-refractivity contribution in [1.82, 2.24) is 15.2 Å². The highest BCUT2D eigenvalue weighted by Crippen LogP contribution is 2.38. The molecular formula is C35H37N5O6. The van der Waals surface area contributed by atoms with Crippen molar-refractivity contribution in [1.29, 1.82) is 0 Å². The highest BCUT2D eigenvalue weighted by Gasteiger charge is 2.34. The number of non-ortho nitro benzene ring substituents is 1. The fraction of sp³-hybridized carbons (Fsp3) is 0.314. The minimum absolute atomic E-state index is 0.0128. The predicted octanol–water partition coefficient (Wildman–Crippen LogP) is 4.78. The van der Waals surface area contributed by atoms with Crippen LogP contribution in [0.2, 0.25) is 0 Å². The van der Waals surface area contributed by atoms with Crippen LogP contribution in [0.3, 0.4) is 0 Å². The summed E-state index contributed by atoms with van der Waals surface area (Å²) in [6, 6.07) is 25.9. The molecule has 2 aliphatic heterocycles. The number of hydrogen-bond donors (Lipinski definition) is 2.